The number of carboxylic acids is 1. The molecule has 1 saturated heterocycles. The van der Waals surface area contributed by atoms with E-state index in [1.165, 1.54) is 12.1 Å². The van der Waals surface area contributed by atoms with Gasteiger partial charge in [0.25, 0.3) is 5.91 Å². The van der Waals surface area contributed by atoms with Crippen LogP contribution in [-0.2, 0) is 9.59 Å². The Labute approximate surface area is 195 Å². The van der Waals surface area contributed by atoms with Crippen LogP contribution in [-0.4, -0.2) is 46.1 Å². The minimum atomic E-state index is -0.880. The number of benzene rings is 2. The van der Waals surface area contributed by atoms with E-state index in [-0.39, 0.29) is 12.5 Å². The van der Waals surface area contributed by atoms with Gasteiger partial charge >= 0.3 is 5.97 Å². The zero-order valence-electron chi connectivity index (χ0n) is 18.3. The summed E-state index contributed by atoms with van der Waals surface area (Å²) in [6.07, 6.45) is 0.458. The summed E-state index contributed by atoms with van der Waals surface area (Å²) in [5, 5.41) is 10.4. The molecular weight excluding hydrogens is 447 g/mol. The predicted octanol–water partition coefficient (Wildman–Crippen LogP) is 5.09. The fraction of sp³-hybridized carbons (Fsp3) is 0.320. The number of likely N-dealkylation sites (tertiary alicyclic amines) is 1. The van der Waals surface area contributed by atoms with Crippen LogP contribution >= 0.6 is 11.6 Å². The molecule has 0 unspecified atom stereocenters. The molecule has 1 amide bonds. The van der Waals surface area contributed by atoms with Crippen molar-refractivity contribution in [2.24, 2.45) is 5.92 Å². The SMILES string of the molecule is Cc1cc(-c2ccc(F)cc2Cl)c2ccc(O[C@H](C)C(=O)N3CCC[C@H](C(=O)O)C3)cc2n1. The van der Waals surface area contributed by atoms with Crippen LogP contribution in [0.1, 0.15) is 25.5 Å². The molecule has 6 nitrogen and oxygen atoms in total. The van der Waals surface area contributed by atoms with Crippen molar-refractivity contribution in [3.63, 3.8) is 0 Å². The summed E-state index contributed by atoms with van der Waals surface area (Å²) in [6, 6.07) is 11.5. The molecule has 0 bridgehead atoms. The highest BCUT2D eigenvalue weighted by Gasteiger charge is 2.31. The number of fused-ring (bicyclic) bond motifs is 1. The Balaban J connectivity index is 1.58. The van der Waals surface area contributed by atoms with Gasteiger partial charge in [0.15, 0.2) is 6.10 Å². The number of carboxylic acid groups (broad SMARTS) is 1. The predicted molar refractivity (Wildman–Crippen MR) is 124 cm³/mol. The number of hydrogen-bond acceptors (Lipinski definition) is 4. The van der Waals surface area contributed by atoms with Gasteiger partial charge in [-0.15, -0.1) is 0 Å². The number of pyridine rings is 1. The fourth-order valence-corrected chi connectivity index (χ4v) is 4.50. The largest absolute Gasteiger partial charge is 0.481 e. The molecule has 3 aromatic rings. The first-order valence-electron chi connectivity index (χ1n) is 10.8. The zero-order valence-corrected chi connectivity index (χ0v) is 19.1. The molecule has 8 heteroatoms. The van der Waals surface area contributed by atoms with Crippen molar-refractivity contribution < 1.29 is 23.8 Å². The summed E-state index contributed by atoms with van der Waals surface area (Å²) in [5.74, 6) is -1.59. The first-order chi connectivity index (χ1) is 15.7. The molecule has 0 spiro atoms. The second-order valence-corrected chi connectivity index (χ2v) is 8.74. The second-order valence-electron chi connectivity index (χ2n) is 8.34. The molecule has 2 heterocycles. The van der Waals surface area contributed by atoms with Gasteiger partial charge in [-0.2, -0.15) is 0 Å². The Hall–Kier alpha value is -3.19. The molecule has 0 saturated carbocycles. The first kappa shape index (κ1) is 23.0. The molecule has 2 atom stereocenters. The number of halogens is 2. The Bertz CT molecular complexity index is 1230. The maximum Gasteiger partial charge on any atom is 0.308 e. The van der Waals surface area contributed by atoms with Crippen molar-refractivity contribution in [3.8, 4) is 16.9 Å². The number of amides is 1. The third-order valence-corrected chi connectivity index (χ3v) is 6.19. The number of hydrogen-bond donors (Lipinski definition) is 1. The van der Waals surface area contributed by atoms with E-state index in [2.05, 4.69) is 4.98 Å². The summed E-state index contributed by atoms with van der Waals surface area (Å²) in [6.45, 7) is 4.23. The molecule has 4 rings (SSSR count). The highest BCUT2D eigenvalue weighted by atomic mass is 35.5. The Morgan fingerprint density at radius 2 is 2.00 bits per heavy atom. The fourth-order valence-electron chi connectivity index (χ4n) is 4.24. The molecule has 1 N–H and O–H groups in total. The van der Waals surface area contributed by atoms with E-state index in [0.29, 0.717) is 41.2 Å². The number of ether oxygens (including phenoxy) is 1. The minimum Gasteiger partial charge on any atom is -0.481 e. The zero-order chi connectivity index (χ0) is 23.7. The minimum absolute atomic E-state index is 0.197. The van der Waals surface area contributed by atoms with Crippen LogP contribution in [0.25, 0.3) is 22.0 Å². The van der Waals surface area contributed by atoms with Gasteiger partial charge in [0.05, 0.1) is 16.5 Å². The second kappa shape index (κ2) is 9.35. The van der Waals surface area contributed by atoms with Crippen molar-refractivity contribution in [1.29, 1.82) is 0 Å². The summed E-state index contributed by atoms with van der Waals surface area (Å²) >= 11 is 6.29. The summed E-state index contributed by atoms with van der Waals surface area (Å²) in [5.41, 5.74) is 2.94. The van der Waals surface area contributed by atoms with Crippen LogP contribution in [0.5, 0.6) is 5.75 Å². The molecule has 1 aromatic heterocycles. The van der Waals surface area contributed by atoms with E-state index in [1.54, 1.807) is 30.0 Å². The van der Waals surface area contributed by atoms with E-state index in [0.717, 1.165) is 16.6 Å². The summed E-state index contributed by atoms with van der Waals surface area (Å²) in [4.78, 5) is 30.3. The number of rotatable bonds is 5. The summed E-state index contributed by atoms with van der Waals surface area (Å²) in [7, 11) is 0. The normalized spacial score (nSPS) is 17.1. The third kappa shape index (κ3) is 4.93. The standard InChI is InChI=1S/C25H24ClFN2O4/c1-14-10-21(19-7-5-17(27)11-22(19)26)20-8-6-18(12-23(20)28-14)33-15(2)24(30)29-9-3-4-16(13-29)25(31)32/h5-8,10-12,15-16H,3-4,9,13H2,1-2H3,(H,31,32)/t15-,16+/m1/s1. The van der Waals surface area contributed by atoms with Gasteiger partial charge in [-0.25, -0.2) is 4.39 Å². The number of aliphatic carboxylic acids is 1. The lowest BCUT2D eigenvalue weighted by Crippen LogP contribution is -2.47. The lowest BCUT2D eigenvalue weighted by atomic mass is 9.98. The molecule has 172 valence electrons. The van der Waals surface area contributed by atoms with Gasteiger partial charge < -0.3 is 14.7 Å². The number of carbonyl (C=O) groups is 2. The van der Waals surface area contributed by atoms with Crippen LogP contribution in [0.3, 0.4) is 0 Å². The third-order valence-electron chi connectivity index (χ3n) is 5.87. The van der Waals surface area contributed by atoms with Gasteiger partial charge in [-0.05, 0) is 68.7 Å². The van der Waals surface area contributed by atoms with Gasteiger partial charge in [-0.1, -0.05) is 11.6 Å². The van der Waals surface area contributed by atoms with Crippen LogP contribution < -0.4 is 4.74 Å². The first-order valence-corrected chi connectivity index (χ1v) is 11.2. The molecule has 0 aliphatic carbocycles. The number of aromatic nitrogens is 1. The number of carbonyl (C=O) groups excluding carboxylic acids is 1. The molecule has 0 radical (unpaired) electrons. The number of nitrogens with zero attached hydrogens (tertiary/aromatic N) is 2. The highest BCUT2D eigenvalue weighted by molar-refractivity contribution is 6.33. The van der Waals surface area contributed by atoms with Gasteiger partial charge in [0.2, 0.25) is 0 Å². The highest BCUT2D eigenvalue weighted by Crippen LogP contribution is 2.35. The Kier molecular flexibility index (Phi) is 6.51. The molecule has 1 aliphatic heterocycles. The molecule has 1 aliphatic rings. The average Bonchev–Trinajstić information content (AvgIpc) is 2.78. The number of piperidine rings is 1. The van der Waals surface area contributed by atoms with Crippen molar-refractivity contribution in [2.45, 2.75) is 32.8 Å². The van der Waals surface area contributed by atoms with Crippen LogP contribution in [0.2, 0.25) is 5.02 Å². The lowest BCUT2D eigenvalue weighted by Gasteiger charge is -2.32. The lowest BCUT2D eigenvalue weighted by molar-refractivity contribution is -0.147. The van der Waals surface area contributed by atoms with Crippen molar-refractivity contribution in [2.75, 3.05) is 13.1 Å². The van der Waals surface area contributed by atoms with E-state index < -0.39 is 23.8 Å². The van der Waals surface area contributed by atoms with E-state index in [4.69, 9.17) is 16.3 Å². The van der Waals surface area contributed by atoms with Gasteiger partial charge in [-0.3, -0.25) is 14.6 Å². The smallest absolute Gasteiger partial charge is 0.308 e. The van der Waals surface area contributed by atoms with Gasteiger partial charge in [0.1, 0.15) is 11.6 Å². The monoisotopic (exact) mass is 470 g/mol. The maximum absolute atomic E-state index is 13.5. The van der Waals surface area contributed by atoms with E-state index >= 15 is 0 Å². The molecule has 1 fully saturated rings. The molecule has 33 heavy (non-hydrogen) atoms. The van der Waals surface area contributed by atoms with Crippen LogP contribution in [0.4, 0.5) is 4.39 Å². The quantitative estimate of drug-likeness (QED) is 0.561. The van der Waals surface area contributed by atoms with Crippen LogP contribution in [0, 0.1) is 18.7 Å². The molecule has 2 aromatic carbocycles. The topological polar surface area (TPSA) is 79.7 Å². The number of aryl methyl sites for hydroxylation is 1. The molecular formula is C25H24ClFN2O4. The Morgan fingerprint density at radius 1 is 1.21 bits per heavy atom. The van der Waals surface area contributed by atoms with E-state index in [1.807, 2.05) is 19.1 Å². The Morgan fingerprint density at radius 3 is 2.73 bits per heavy atom. The van der Waals surface area contributed by atoms with Crippen molar-refractivity contribution in [3.05, 3.63) is 59.0 Å². The van der Waals surface area contributed by atoms with Crippen molar-refractivity contribution >= 4 is 34.4 Å². The van der Waals surface area contributed by atoms with Crippen molar-refractivity contribution in [1.82, 2.24) is 9.88 Å². The summed E-state index contributed by atoms with van der Waals surface area (Å²) < 4.78 is 19.4. The van der Waals surface area contributed by atoms with Crippen LogP contribution in [0.15, 0.2) is 42.5 Å². The van der Waals surface area contributed by atoms with Gasteiger partial charge in [0, 0.05) is 35.8 Å². The average molecular weight is 471 g/mol. The maximum atomic E-state index is 13.5. The van der Waals surface area contributed by atoms with E-state index in [9.17, 15) is 19.1 Å².